The molecule has 0 saturated carbocycles. The number of benzene rings is 3. The van der Waals surface area contributed by atoms with Crippen molar-refractivity contribution in [2.24, 2.45) is 10.7 Å². The second-order valence-electron chi connectivity index (χ2n) is 5.62. The number of nitrogens with two attached hydrogens (primary N) is 1. The van der Waals surface area contributed by atoms with Crippen molar-refractivity contribution in [3.05, 3.63) is 68.7 Å². The molecule has 124 valence electrons. The molecule has 3 aromatic carbocycles. The minimum Gasteiger partial charge on any atom is -0.369 e. The van der Waals surface area contributed by atoms with Crippen LogP contribution in [0.1, 0.15) is 11.1 Å². The van der Waals surface area contributed by atoms with Gasteiger partial charge in [-0.1, -0.05) is 71.2 Å². The fourth-order valence-corrected chi connectivity index (χ4v) is 3.50. The molecular formula is C19H12Cl3N3. The molecule has 0 saturated heterocycles. The van der Waals surface area contributed by atoms with Gasteiger partial charge in [-0.3, -0.25) is 0 Å². The van der Waals surface area contributed by atoms with Gasteiger partial charge in [-0.05, 0) is 34.5 Å². The average Bonchev–Trinajstić information content (AvgIpc) is 3.04. The number of nitrogens with one attached hydrogen (secondary N) is 1. The van der Waals surface area contributed by atoms with E-state index in [1.165, 1.54) is 16.3 Å². The minimum atomic E-state index is 0.216. The Labute approximate surface area is 159 Å². The van der Waals surface area contributed by atoms with Crippen LogP contribution in [0.3, 0.4) is 0 Å². The summed E-state index contributed by atoms with van der Waals surface area (Å²) in [4.78, 5) is 4.31. The topological polar surface area (TPSA) is 50.4 Å². The van der Waals surface area contributed by atoms with Crippen LogP contribution in [0.5, 0.6) is 0 Å². The lowest BCUT2D eigenvalue weighted by molar-refractivity contribution is 1.44. The lowest BCUT2D eigenvalue weighted by Crippen LogP contribution is -2.22. The Hall–Kier alpha value is -2.20. The molecule has 1 aliphatic rings. The van der Waals surface area contributed by atoms with Gasteiger partial charge in [-0.2, -0.15) is 0 Å². The molecule has 0 bridgehead atoms. The Bertz CT molecular complexity index is 1070. The number of nitrogens with zero attached hydrogens (tertiary/aromatic N) is 1. The first kappa shape index (κ1) is 16.3. The summed E-state index contributed by atoms with van der Waals surface area (Å²) in [6.07, 6.45) is 4.16. The largest absolute Gasteiger partial charge is 0.369 e. The van der Waals surface area contributed by atoms with E-state index in [9.17, 15) is 0 Å². The van der Waals surface area contributed by atoms with Gasteiger partial charge >= 0.3 is 0 Å². The summed E-state index contributed by atoms with van der Waals surface area (Å²) in [5.74, 6) is 0.216. The number of hydrogen-bond donors (Lipinski definition) is 2. The zero-order valence-electron chi connectivity index (χ0n) is 12.9. The normalized spacial score (nSPS) is 12.8. The van der Waals surface area contributed by atoms with Crippen molar-refractivity contribution >= 4 is 75.1 Å². The van der Waals surface area contributed by atoms with Crippen LogP contribution in [0, 0.1) is 0 Å². The first-order chi connectivity index (χ1) is 12.0. The molecule has 0 unspecified atom stereocenters. The summed E-state index contributed by atoms with van der Waals surface area (Å²) in [6, 6.07) is 13.6. The van der Waals surface area contributed by atoms with Gasteiger partial charge in [0.05, 0.1) is 20.8 Å². The molecule has 0 atom stereocenters. The highest BCUT2D eigenvalue weighted by molar-refractivity contribution is 6.49. The molecule has 3 aromatic rings. The highest BCUT2D eigenvalue weighted by atomic mass is 35.5. The van der Waals surface area contributed by atoms with E-state index >= 15 is 0 Å². The first-order valence-electron chi connectivity index (χ1n) is 7.53. The summed E-state index contributed by atoms with van der Waals surface area (Å²) in [7, 11) is 0. The van der Waals surface area contributed by atoms with Crippen molar-refractivity contribution in [2.45, 2.75) is 0 Å². The molecule has 0 amide bonds. The van der Waals surface area contributed by atoms with E-state index in [0.29, 0.717) is 10.7 Å². The molecule has 0 aliphatic heterocycles. The molecule has 25 heavy (non-hydrogen) atoms. The number of anilines is 1. The summed E-state index contributed by atoms with van der Waals surface area (Å²) in [6.45, 7) is 0. The molecule has 0 heterocycles. The lowest BCUT2D eigenvalue weighted by atomic mass is 10.0. The van der Waals surface area contributed by atoms with Crippen molar-refractivity contribution < 1.29 is 0 Å². The standard InChI is InChI=1S/C19H12Cl3N3/c20-13-7-9-15(18(22)17(13)21)25-19(23)24-14-8-5-11-3-1-2-10-4-6-12(14)16(10)11/h1-9H,(H3,23,24,25). The highest BCUT2D eigenvalue weighted by Crippen LogP contribution is 2.38. The highest BCUT2D eigenvalue weighted by Gasteiger charge is 2.14. The molecule has 3 N–H and O–H groups in total. The predicted molar refractivity (Wildman–Crippen MR) is 109 cm³/mol. The molecule has 3 nitrogen and oxygen atoms in total. The summed E-state index contributed by atoms with van der Waals surface area (Å²) in [5, 5.41) is 6.43. The van der Waals surface area contributed by atoms with Crippen molar-refractivity contribution in [2.75, 3.05) is 5.32 Å². The van der Waals surface area contributed by atoms with Crippen LogP contribution in [0.4, 0.5) is 11.4 Å². The van der Waals surface area contributed by atoms with Crippen LogP contribution in [0.15, 0.2) is 47.5 Å². The second-order valence-corrected chi connectivity index (χ2v) is 6.79. The van der Waals surface area contributed by atoms with Crippen LogP contribution in [0.25, 0.3) is 22.9 Å². The first-order valence-corrected chi connectivity index (χ1v) is 8.66. The van der Waals surface area contributed by atoms with Gasteiger partial charge in [0.2, 0.25) is 0 Å². The Morgan fingerprint density at radius 1 is 0.920 bits per heavy atom. The van der Waals surface area contributed by atoms with Crippen molar-refractivity contribution in [3.63, 3.8) is 0 Å². The van der Waals surface area contributed by atoms with Crippen molar-refractivity contribution in [1.29, 1.82) is 0 Å². The van der Waals surface area contributed by atoms with E-state index in [1.54, 1.807) is 12.1 Å². The van der Waals surface area contributed by atoms with Gasteiger partial charge in [0.25, 0.3) is 0 Å². The predicted octanol–water partition coefficient (Wildman–Crippen LogP) is 6.34. The van der Waals surface area contributed by atoms with Gasteiger partial charge in [-0.25, -0.2) is 4.99 Å². The second kappa shape index (κ2) is 6.26. The zero-order chi connectivity index (χ0) is 17.6. The van der Waals surface area contributed by atoms with E-state index < -0.39 is 0 Å². The number of halogens is 3. The van der Waals surface area contributed by atoms with E-state index in [2.05, 4.69) is 40.7 Å². The number of rotatable bonds is 2. The SMILES string of the molecule is NC(=Nc1ccc(Cl)c(Cl)c1Cl)Nc1ccc2cccc3c2c1C=C3. The molecule has 0 aromatic heterocycles. The molecule has 1 aliphatic carbocycles. The summed E-state index contributed by atoms with van der Waals surface area (Å²) >= 11 is 18.1. The average molecular weight is 389 g/mol. The lowest BCUT2D eigenvalue weighted by Gasteiger charge is -2.11. The molecular weight excluding hydrogens is 377 g/mol. The monoisotopic (exact) mass is 387 g/mol. The van der Waals surface area contributed by atoms with Crippen LogP contribution in [-0.4, -0.2) is 5.96 Å². The van der Waals surface area contributed by atoms with Crippen LogP contribution in [-0.2, 0) is 0 Å². The van der Waals surface area contributed by atoms with Gasteiger partial charge in [0, 0.05) is 11.3 Å². The van der Waals surface area contributed by atoms with Crippen LogP contribution < -0.4 is 11.1 Å². The Balaban J connectivity index is 1.71. The van der Waals surface area contributed by atoms with Crippen LogP contribution in [0.2, 0.25) is 15.1 Å². The zero-order valence-corrected chi connectivity index (χ0v) is 15.1. The number of hydrogen-bond acceptors (Lipinski definition) is 1. The Kier molecular flexibility index (Phi) is 4.08. The fourth-order valence-electron chi connectivity index (χ4n) is 2.93. The van der Waals surface area contributed by atoms with Crippen LogP contribution >= 0.6 is 34.8 Å². The molecule has 0 fully saturated rings. The maximum atomic E-state index is 6.17. The number of guanidine groups is 1. The quantitative estimate of drug-likeness (QED) is 0.239. The van der Waals surface area contributed by atoms with Gasteiger partial charge in [-0.15, -0.1) is 0 Å². The summed E-state index contributed by atoms with van der Waals surface area (Å²) in [5.41, 5.74) is 9.68. The van der Waals surface area contributed by atoms with E-state index in [4.69, 9.17) is 40.5 Å². The number of aliphatic imine (C=N–C) groups is 1. The third kappa shape index (κ3) is 2.85. The Morgan fingerprint density at radius 2 is 1.76 bits per heavy atom. The van der Waals surface area contributed by atoms with E-state index in [-0.39, 0.29) is 16.0 Å². The Morgan fingerprint density at radius 3 is 2.60 bits per heavy atom. The van der Waals surface area contributed by atoms with Crippen molar-refractivity contribution in [1.82, 2.24) is 0 Å². The smallest absolute Gasteiger partial charge is 0.198 e. The third-order valence-electron chi connectivity index (χ3n) is 4.07. The molecule has 4 rings (SSSR count). The molecule has 0 radical (unpaired) electrons. The minimum absolute atomic E-state index is 0.216. The molecule has 6 heteroatoms. The third-order valence-corrected chi connectivity index (χ3v) is 5.35. The van der Waals surface area contributed by atoms with E-state index in [0.717, 1.165) is 11.3 Å². The van der Waals surface area contributed by atoms with Gasteiger partial charge in [0.15, 0.2) is 5.96 Å². The van der Waals surface area contributed by atoms with Crippen molar-refractivity contribution in [3.8, 4) is 0 Å². The van der Waals surface area contributed by atoms with Gasteiger partial charge < -0.3 is 11.1 Å². The molecule has 0 spiro atoms. The van der Waals surface area contributed by atoms with Gasteiger partial charge in [0.1, 0.15) is 0 Å². The van der Waals surface area contributed by atoms with E-state index in [1.807, 2.05) is 12.1 Å². The maximum absolute atomic E-state index is 6.17. The summed E-state index contributed by atoms with van der Waals surface area (Å²) < 4.78 is 0. The maximum Gasteiger partial charge on any atom is 0.198 e. The fraction of sp³-hybridized carbons (Fsp3) is 0.